The lowest BCUT2D eigenvalue weighted by Gasteiger charge is -2.23. The maximum Gasteiger partial charge on any atom is 0.0650 e. The van der Waals surface area contributed by atoms with E-state index >= 15 is 0 Å². The second-order valence-electron chi connectivity index (χ2n) is 5.80. The van der Waals surface area contributed by atoms with Gasteiger partial charge in [-0.05, 0) is 52.0 Å². The summed E-state index contributed by atoms with van der Waals surface area (Å²) in [6, 6.07) is 2.38. The summed E-state index contributed by atoms with van der Waals surface area (Å²) in [4.78, 5) is 0. The van der Waals surface area contributed by atoms with Crippen molar-refractivity contribution in [1.82, 2.24) is 9.78 Å². The van der Waals surface area contributed by atoms with Crippen molar-refractivity contribution >= 4 is 0 Å². The summed E-state index contributed by atoms with van der Waals surface area (Å²) in [5, 5.41) is 14.5. The Balaban J connectivity index is 1.72. The first-order valence-electron chi connectivity index (χ1n) is 7.49. The number of aromatic nitrogens is 2. The fourth-order valence-electron chi connectivity index (χ4n) is 2.53. The van der Waals surface area contributed by atoms with E-state index in [9.17, 15) is 5.11 Å². The Hall–Kier alpha value is -0.870. The van der Waals surface area contributed by atoms with E-state index in [0.29, 0.717) is 18.6 Å². The predicted molar refractivity (Wildman–Crippen MR) is 75.1 cm³/mol. The number of aliphatic hydroxyl groups is 1. The van der Waals surface area contributed by atoms with Gasteiger partial charge in [0.15, 0.2) is 0 Å². The Bertz CT molecular complexity index is 370. The lowest BCUT2D eigenvalue weighted by Crippen LogP contribution is -2.22. The maximum absolute atomic E-state index is 10.1. The third kappa shape index (κ3) is 4.62. The monoisotopic (exact) mass is 266 g/mol. The highest BCUT2D eigenvalue weighted by Gasteiger charge is 2.16. The van der Waals surface area contributed by atoms with Crippen LogP contribution in [0.25, 0.3) is 0 Å². The van der Waals surface area contributed by atoms with Crippen molar-refractivity contribution in [1.29, 1.82) is 0 Å². The van der Waals surface area contributed by atoms with Crippen LogP contribution in [0.15, 0.2) is 12.3 Å². The molecule has 0 bridgehead atoms. The Morgan fingerprint density at radius 1 is 1.47 bits per heavy atom. The number of hydrogen-bond acceptors (Lipinski definition) is 3. The van der Waals surface area contributed by atoms with E-state index in [1.807, 2.05) is 16.9 Å². The Morgan fingerprint density at radius 3 is 2.95 bits per heavy atom. The summed E-state index contributed by atoms with van der Waals surface area (Å²) in [6.07, 6.45) is 8.05. The standard InChI is InChI=1S/C15H26N2O2/c1-12(2)17-9-8-13(16-17)11-14(18)6-7-15-5-3-4-10-19-15/h8-9,12,14-15,18H,3-7,10-11H2,1-2H3. The van der Waals surface area contributed by atoms with E-state index in [1.54, 1.807) is 0 Å². The molecule has 1 aliphatic rings. The van der Waals surface area contributed by atoms with Gasteiger partial charge in [0.1, 0.15) is 0 Å². The SMILES string of the molecule is CC(C)n1ccc(CC(O)CCC2CCCCO2)n1. The molecule has 2 atom stereocenters. The highest BCUT2D eigenvalue weighted by atomic mass is 16.5. The molecule has 19 heavy (non-hydrogen) atoms. The molecule has 2 rings (SSSR count). The molecule has 108 valence electrons. The van der Waals surface area contributed by atoms with Crippen molar-refractivity contribution in [3.8, 4) is 0 Å². The third-order valence-corrected chi connectivity index (χ3v) is 3.73. The molecule has 4 nitrogen and oxygen atoms in total. The number of rotatable bonds is 6. The highest BCUT2D eigenvalue weighted by Crippen LogP contribution is 2.18. The van der Waals surface area contributed by atoms with Gasteiger partial charge in [-0.25, -0.2) is 0 Å². The van der Waals surface area contributed by atoms with E-state index < -0.39 is 0 Å². The zero-order chi connectivity index (χ0) is 13.7. The van der Waals surface area contributed by atoms with Crippen molar-refractivity contribution in [2.45, 2.75) is 70.6 Å². The van der Waals surface area contributed by atoms with Gasteiger partial charge in [-0.3, -0.25) is 4.68 Å². The molecule has 1 aromatic heterocycles. The Kier molecular flexibility index (Phi) is 5.40. The molecular formula is C15H26N2O2. The van der Waals surface area contributed by atoms with Crippen LogP contribution in [0.3, 0.4) is 0 Å². The summed E-state index contributed by atoms with van der Waals surface area (Å²) in [6.45, 7) is 5.10. The van der Waals surface area contributed by atoms with Gasteiger partial charge in [-0.2, -0.15) is 5.10 Å². The molecule has 1 aromatic rings. The van der Waals surface area contributed by atoms with Crippen molar-refractivity contribution in [3.63, 3.8) is 0 Å². The van der Waals surface area contributed by atoms with E-state index in [1.165, 1.54) is 12.8 Å². The number of aliphatic hydroxyl groups excluding tert-OH is 1. The molecular weight excluding hydrogens is 240 g/mol. The van der Waals surface area contributed by atoms with Crippen LogP contribution in [0.1, 0.15) is 57.7 Å². The van der Waals surface area contributed by atoms with Gasteiger partial charge in [0.25, 0.3) is 0 Å². The smallest absolute Gasteiger partial charge is 0.0650 e. The largest absolute Gasteiger partial charge is 0.393 e. The lowest BCUT2D eigenvalue weighted by molar-refractivity contribution is 0.00227. The van der Waals surface area contributed by atoms with Crippen LogP contribution >= 0.6 is 0 Å². The van der Waals surface area contributed by atoms with Gasteiger partial charge < -0.3 is 9.84 Å². The van der Waals surface area contributed by atoms with E-state index in [2.05, 4.69) is 18.9 Å². The number of nitrogens with zero attached hydrogens (tertiary/aromatic N) is 2. The fraction of sp³-hybridized carbons (Fsp3) is 0.800. The van der Waals surface area contributed by atoms with Crippen LogP contribution in [-0.4, -0.2) is 33.7 Å². The van der Waals surface area contributed by atoms with Crippen LogP contribution in [0.5, 0.6) is 0 Å². The molecule has 0 radical (unpaired) electrons. The molecule has 0 aromatic carbocycles. The number of ether oxygens (including phenoxy) is 1. The van der Waals surface area contributed by atoms with Crippen molar-refractivity contribution in [2.24, 2.45) is 0 Å². The average molecular weight is 266 g/mol. The van der Waals surface area contributed by atoms with Crippen molar-refractivity contribution < 1.29 is 9.84 Å². The fourth-order valence-corrected chi connectivity index (χ4v) is 2.53. The molecule has 2 unspecified atom stereocenters. The molecule has 0 spiro atoms. The minimum atomic E-state index is -0.305. The summed E-state index contributed by atoms with van der Waals surface area (Å²) < 4.78 is 7.62. The molecule has 1 aliphatic heterocycles. The first kappa shape index (κ1) is 14.5. The van der Waals surface area contributed by atoms with Gasteiger partial charge in [0, 0.05) is 25.3 Å². The summed E-state index contributed by atoms with van der Waals surface area (Å²) in [5.74, 6) is 0. The molecule has 1 saturated heterocycles. The van der Waals surface area contributed by atoms with E-state index in [-0.39, 0.29) is 6.10 Å². The van der Waals surface area contributed by atoms with Gasteiger partial charge in [-0.15, -0.1) is 0 Å². The summed E-state index contributed by atoms with van der Waals surface area (Å²) in [5.41, 5.74) is 0.978. The molecule has 1 N–H and O–H groups in total. The molecule has 0 saturated carbocycles. The quantitative estimate of drug-likeness (QED) is 0.861. The first-order chi connectivity index (χ1) is 9.15. The van der Waals surface area contributed by atoms with Crippen LogP contribution in [-0.2, 0) is 11.2 Å². The van der Waals surface area contributed by atoms with Gasteiger partial charge in [0.2, 0.25) is 0 Å². The molecule has 2 heterocycles. The second kappa shape index (κ2) is 7.06. The van der Waals surface area contributed by atoms with E-state index in [0.717, 1.165) is 31.6 Å². The van der Waals surface area contributed by atoms with Gasteiger partial charge in [0.05, 0.1) is 17.9 Å². The lowest BCUT2D eigenvalue weighted by atomic mass is 10.0. The maximum atomic E-state index is 10.1. The second-order valence-corrected chi connectivity index (χ2v) is 5.80. The molecule has 0 aliphatic carbocycles. The minimum Gasteiger partial charge on any atom is -0.393 e. The Morgan fingerprint density at radius 2 is 2.32 bits per heavy atom. The zero-order valence-corrected chi connectivity index (χ0v) is 12.1. The van der Waals surface area contributed by atoms with Gasteiger partial charge >= 0.3 is 0 Å². The topological polar surface area (TPSA) is 47.3 Å². The number of hydrogen-bond donors (Lipinski definition) is 1. The first-order valence-corrected chi connectivity index (χ1v) is 7.49. The van der Waals surface area contributed by atoms with Crippen molar-refractivity contribution in [3.05, 3.63) is 18.0 Å². The van der Waals surface area contributed by atoms with Crippen LogP contribution in [0.4, 0.5) is 0 Å². The average Bonchev–Trinajstić information content (AvgIpc) is 2.86. The summed E-state index contributed by atoms with van der Waals surface area (Å²) >= 11 is 0. The molecule has 0 amide bonds. The Labute approximate surface area is 115 Å². The van der Waals surface area contributed by atoms with Gasteiger partial charge in [-0.1, -0.05) is 0 Å². The summed E-state index contributed by atoms with van der Waals surface area (Å²) in [7, 11) is 0. The highest BCUT2D eigenvalue weighted by molar-refractivity contribution is 5.01. The normalized spacial score (nSPS) is 21.8. The zero-order valence-electron chi connectivity index (χ0n) is 12.1. The minimum absolute atomic E-state index is 0.305. The third-order valence-electron chi connectivity index (χ3n) is 3.73. The van der Waals surface area contributed by atoms with Crippen LogP contribution < -0.4 is 0 Å². The molecule has 1 fully saturated rings. The predicted octanol–water partition coefficient (Wildman–Crippen LogP) is 2.72. The van der Waals surface area contributed by atoms with Crippen LogP contribution in [0, 0.1) is 0 Å². The molecule has 4 heteroatoms. The van der Waals surface area contributed by atoms with E-state index in [4.69, 9.17) is 4.74 Å². The van der Waals surface area contributed by atoms with Crippen molar-refractivity contribution in [2.75, 3.05) is 6.61 Å². The van der Waals surface area contributed by atoms with Crippen LogP contribution in [0.2, 0.25) is 0 Å².